The van der Waals surface area contributed by atoms with Crippen molar-refractivity contribution in [1.82, 2.24) is 15.3 Å². The molecule has 0 aromatic rings. The molecule has 2 aliphatic heterocycles. The third-order valence-corrected chi connectivity index (χ3v) is 2.82. The van der Waals surface area contributed by atoms with Crippen LogP contribution >= 0.6 is 0 Å². The van der Waals surface area contributed by atoms with Crippen LogP contribution in [-0.2, 0) is 4.79 Å². The van der Waals surface area contributed by atoms with E-state index in [1.807, 2.05) is 5.01 Å². The van der Waals surface area contributed by atoms with Crippen molar-refractivity contribution in [3.8, 4) is 0 Å². The first kappa shape index (κ1) is 10.0. The zero-order valence-corrected chi connectivity index (χ0v) is 8.28. The van der Waals surface area contributed by atoms with Crippen molar-refractivity contribution in [3.05, 3.63) is 0 Å². The molecular formula is C9H17N3O2. The second-order valence-corrected chi connectivity index (χ2v) is 3.90. The average molecular weight is 199 g/mol. The quantitative estimate of drug-likeness (QED) is 0.606. The Balaban J connectivity index is 1.98. The minimum atomic E-state index is -0.135. The number of carbonyl (C=O) groups excluding carboxylic acids is 1. The summed E-state index contributed by atoms with van der Waals surface area (Å²) in [7, 11) is 0. The first-order valence-corrected chi connectivity index (χ1v) is 5.20. The summed E-state index contributed by atoms with van der Waals surface area (Å²) in [5, 5.41) is 10.7. The van der Waals surface area contributed by atoms with Crippen LogP contribution in [0.3, 0.4) is 0 Å². The van der Waals surface area contributed by atoms with E-state index >= 15 is 0 Å². The third kappa shape index (κ3) is 1.95. The zero-order valence-electron chi connectivity index (χ0n) is 8.28. The number of nitrogens with one attached hydrogen (secondary N) is 1. The average Bonchev–Trinajstić information content (AvgIpc) is 2.49. The molecule has 1 unspecified atom stereocenters. The van der Waals surface area contributed by atoms with Crippen LogP contribution in [0.2, 0.25) is 0 Å². The van der Waals surface area contributed by atoms with Gasteiger partial charge in [0.2, 0.25) is 0 Å². The molecule has 14 heavy (non-hydrogen) atoms. The fraction of sp³-hybridized carbons (Fsp3) is 0.889. The van der Waals surface area contributed by atoms with Crippen LogP contribution in [0.4, 0.5) is 0 Å². The molecule has 0 aliphatic carbocycles. The van der Waals surface area contributed by atoms with Crippen molar-refractivity contribution < 1.29 is 9.90 Å². The Morgan fingerprint density at radius 3 is 3.14 bits per heavy atom. The molecule has 2 saturated heterocycles. The molecule has 1 atom stereocenters. The Morgan fingerprint density at radius 2 is 2.36 bits per heavy atom. The third-order valence-electron chi connectivity index (χ3n) is 2.82. The van der Waals surface area contributed by atoms with E-state index in [0.717, 1.165) is 26.1 Å². The van der Waals surface area contributed by atoms with Gasteiger partial charge in [-0.05, 0) is 12.8 Å². The maximum atomic E-state index is 11.7. The zero-order chi connectivity index (χ0) is 9.97. The number of hydrogen-bond acceptors (Lipinski definition) is 5. The van der Waals surface area contributed by atoms with Gasteiger partial charge in [-0.3, -0.25) is 9.69 Å². The highest BCUT2D eigenvalue weighted by Crippen LogP contribution is 2.16. The summed E-state index contributed by atoms with van der Waals surface area (Å²) in [6.45, 7) is 2.43. The van der Waals surface area contributed by atoms with Gasteiger partial charge < -0.3 is 5.11 Å². The van der Waals surface area contributed by atoms with Crippen molar-refractivity contribution in [1.29, 1.82) is 0 Å². The number of β-amino-alcohol motifs (C(OH)–C–C–N with tert-alkyl or cyclic N) is 1. The first-order valence-electron chi connectivity index (χ1n) is 5.20. The van der Waals surface area contributed by atoms with Gasteiger partial charge in [0.1, 0.15) is 6.17 Å². The van der Waals surface area contributed by atoms with Crippen LogP contribution in [-0.4, -0.2) is 53.3 Å². The second-order valence-electron chi connectivity index (χ2n) is 3.90. The number of nitrogens with zero attached hydrogens (tertiary/aromatic N) is 2. The molecule has 5 heteroatoms. The highest BCUT2D eigenvalue weighted by Gasteiger charge is 2.35. The Hall–Kier alpha value is -0.490. The van der Waals surface area contributed by atoms with E-state index in [1.54, 1.807) is 0 Å². The van der Waals surface area contributed by atoms with E-state index in [9.17, 15) is 4.79 Å². The van der Waals surface area contributed by atoms with Gasteiger partial charge >= 0.3 is 0 Å². The van der Waals surface area contributed by atoms with Crippen molar-refractivity contribution in [2.75, 3.05) is 26.4 Å². The molecule has 0 bridgehead atoms. The van der Waals surface area contributed by atoms with Crippen LogP contribution in [0.25, 0.3) is 0 Å². The molecule has 0 spiro atoms. The van der Waals surface area contributed by atoms with Crippen LogP contribution in [0.1, 0.15) is 19.3 Å². The van der Waals surface area contributed by atoms with Crippen LogP contribution in [0.5, 0.6) is 0 Å². The SMILES string of the molecule is O=C1CCCCN2CN(CCO)NC12. The minimum absolute atomic E-state index is 0.127. The van der Waals surface area contributed by atoms with Crippen LogP contribution in [0, 0.1) is 0 Å². The summed E-state index contributed by atoms with van der Waals surface area (Å²) >= 11 is 0. The van der Waals surface area contributed by atoms with Crippen molar-refractivity contribution >= 4 is 5.78 Å². The van der Waals surface area contributed by atoms with Gasteiger partial charge in [0.15, 0.2) is 5.78 Å². The van der Waals surface area contributed by atoms with Crippen molar-refractivity contribution in [2.45, 2.75) is 25.4 Å². The van der Waals surface area contributed by atoms with Crippen molar-refractivity contribution in [2.24, 2.45) is 0 Å². The lowest BCUT2D eigenvalue weighted by Gasteiger charge is -2.17. The lowest BCUT2D eigenvalue weighted by molar-refractivity contribution is -0.123. The largest absolute Gasteiger partial charge is 0.395 e. The van der Waals surface area contributed by atoms with Gasteiger partial charge in [-0.1, -0.05) is 0 Å². The Morgan fingerprint density at radius 1 is 1.50 bits per heavy atom. The number of carbonyl (C=O) groups is 1. The van der Waals surface area contributed by atoms with Crippen molar-refractivity contribution in [3.63, 3.8) is 0 Å². The highest BCUT2D eigenvalue weighted by molar-refractivity contribution is 5.83. The summed E-state index contributed by atoms with van der Waals surface area (Å²) in [6.07, 6.45) is 2.65. The topological polar surface area (TPSA) is 55.8 Å². The summed E-state index contributed by atoms with van der Waals surface area (Å²) in [5.74, 6) is 0.280. The monoisotopic (exact) mass is 199 g/mol. The number of Topliss-reactive ketones (excluding diaryl/α,β-unsaturated/α-hetero) is 1. The van der Waals surface area contributed by atoms with Gasteiger partial charge in [0.25, 0.3) is 0 Å². The molecule has 2 heterocycles. The molecule has 0 amide bonds. The summed E-state index contributed by atoms with van der Waals surface area (Å²) < 4.78 is 0. The van der Waals surface area contributed by atoms with E-state index in [-0.39, 0.29) is 18.6 Å². The van der Waals surface area contributed by atoms with Gasteiger partial charge in [-0.25, -0.2) is 10.4 Å². The molecule has 0 aromatic carbocycles. The van der Waals surface area contributed by atoms with Gasteiger partial charge in [-0.2, -0.15) is 0 Å². The number of hydrazine groups is 1. The molecule has 2 aliphatic rings. The van der Waals surface area contributed by atoms with Gasteiger partial charge in [0.05, 0.1) is 13.3 Å². The lowest BCUT2D eigenvalue weighted by Crippen LogP contribution is -2.43. The van der Waals surface area contributed by atoms with E-state index < -0.39 is 0 Å². The maximum Gasteiger partial charge on any atom is 0.165 e. The second kappa shape index (κ2) is 4.35. The fourth-order valence-corrected chi connectivity index (χ4v) is 2.08. The molecule has 0 radical (unpaired) electrons. The smallest absolute Gasteiger partial charge is 0.165 e. The number of hydrogen-bond donors (Lipinski definition) is 2. The molecule has 80 valence electrons. The Labute approximate surface area is 83.6 Å². The summed E-state index contributed by atoms with van der Waals surface area (Å²) in [4.78, 5) is 13.8. The number of ketones is 1. The van der Waals surface area contributed by atoms with E-state index in [4.69, 9.17) is 5.11 Å². The molecular weight excluding hydrogens is 182 g/mol. The molecule has 2 N–H and O–H groups in total. The standard InChI is InChI=1S/C9H17N3O2/c13-6-5-12-7-11-4-2-1-3-8(14)9(11)10-12/h9-10,13H,1-7H2. The Bertz CT molecular complexity index is 222. The molecule has 2 rings (SSSR count). The summed E-state index contributed by atoms with van der Waals surface area (Å²) in [6, 6.07) is 0. The minimum Gasteiger partial charge on any atom is -0.395 e. The number of aliphatic hydroxyl groups is 1. The number of fused-ring (bicyclic) bond motifs is 1. The van der Waals surface area contributed by atoms with Gasteiger partial charge in [0, 0.05) is 19.5 Å². The molecule has 5 nitrogen and oxygen atoms in total. The Kier molecular flexibility index (Phi) is 3.12. The number of aliphatic hydroxyl groups excluding tert-OH is 1. The van der Waals surface area contributed by atoms with E-state index in [2.05, 4.69) is 10.3 Å². The summed E-state index contributed by atoms with van der Waals surface area (Å²) in [5.41, 5.74) is 3.13. The van der Waals surface area contributed by atoms with Crippen LogP contribution < -0.4 is 5.43 Å². The molecule has 0 saturated carbocycles. The first-order chi connectivity index (χ1) is 6.81. The van der Waals surface area contributed by atoms with Crippen LogP contribution in [0.15, 0.2) is 0 Å². The lowest BCUT2D eigenvalue weighted by atomic mass is 10.2. The van der Waals surface area contributed by atoms with E-state index in [1.165, 1.54) is 0 Å². The normalized spacial score (nSPS) is 30.4. The van der Waals surface area contributed by atoms with Gasteiger partial charge in [-0.15, -0.1) is 0 Å². The van der Waals surface area contributed by atoms with E-state index in [0.29, 0.717) is 13.0 Å². The fourth-order valence-electron chi connectivity index (χ4n) is 2.08. The predicted octanol–water partition coefficient (Wildman–Crippen LogP) is -0.862. The molecule has 2 fully saturated rings. The highest BCUT2D eigenvalue weighted by atomic mass is 16.3. The molecule has 0 aromatic heterocycles. The predicted molar refractivity (Wildman–Crippen MR) is 51.1 cm³/mol. The maximum absolute atomic E-state index is 11.7. The number of rotatable bonds is 2.